The van der Waals surface area contributed by atoms with Crippen molar-refractivity contribution < 1.29 is 9.84 Å². The topological polar surface area (TPSA) is 42.4 Å². The van der Waals surface area contributed by atoms with Crippen molar-refractivity contribution in [2.75, 3.05) is 6.61 Å². The normalized spacial score (nSPS) is 25.0. The van der Waals surface area contributed by atoms with E-state index in [1.807, 2.05) is 30.5 Å². The van der Waals surface area contributed by atoms with Crippen LogP contribution >= 0.6 is 0 Å². The van der Waals surface area contributed by atoms with Crippen LogP contribution in [0.2, 0.25) is 0 Å². The van der Waals surface area contributed by atoms with Gasteiger partial charge in [0.1, 0.15) is 0 Å². The molecule has 0 amide bonds. The lowest BCUT2D eigenvalue weighted by atomic mass is 9.97. The zero-order chi connectivity index (χ0) is 11.7. The summed E-state index contributed by atoms with van der Waals surface area (Å²) in [5.41, 5.74) is 2.11. The van der Waals surface area contributed by atoms with Crippen molar-refractivity contribution in [1.29, 1.82) is 0 Å². The lowest BCUT2D eigenvalue weighted by molar-refractivity contribution is -0.0441. The highest BCUT2D eigenvalue weighted by molar-refractivity contribution is 5.82. The molecule has 3 rings (SSSR count). The highest BCUT2D eigenvalue weighted by Crippen LogP contribution is 2.32. The summed E-state index contributed by atoms with van der Waals surface area (Å²) in [6, 6.07) is 10.0. The number of aromatic nitrogens is 1. The molecule has 1 aliphatic heterocycles. The van der Waals surface area contributed by atoms with E-state index in [-0.39, 0.29) is 12.2 Å². The summed E-state index contributed by atoms with van der Waals surface area (Å²) in [6.45, 7) is 0.627. The van der Waals surface area contributed by atoms with Gasteiger partial charge in [0.05, 0.1) is 17.7 Å². The maximum Gasteiger partial charge on any atom is 0.0856 e. The molecule has 17 heavy (non-hydrogen) atoms. The molecule has 0 spiro atoms. The van der Waals surface area contributed by atoms with Crippen molar-refractivity contribution in [3.8, 4) is 0 Å². The van der Waals surface area contributed by atoms with Gasteiger partial charge in [0.15, 0.2) is 0 Å². The molecule has 88 valence electrons. The first-order chi connectivity index (χ1) is 8.34. The summed E-state index contributed by atoms with van der Waals surface area (Å²) in [5, 5.41) is 10.8. The summed E-state index contributed by atoms with van der Waals surface area (Å²) in [6.07, 6.45) is 2.96. The molecule has 1 aromatic heterocycles. The van der Waals surface area contributed by atoms with Crippen LogP contribution in [0.4, 0.5) is 0 Å². The highest BCUT2D eigenvalue weighted by atomic mass is 16.5. The Bertz CT molecular complexity index is 521. The van der Waals surface area contributed by atoms with E-state index < -0.39 is 0 Å². The number of ether oxygens (including phenoxy) is 1. The Hall–Kier alpha value is -1.45. The minimum atomic E-state index is -0.249. The van der Waals surface area contributed by atoms with Crippen LogP contribution < -0.4 is 0 Å². The van der Waals surface area contributed by atoms with Gasteiger partial charge in [-0.1, -0.05) is 18.2 Å². The van der Waals surface area contributed by atoms with E-state index in [4.69, 9.17) is 4.74 Å². The van der Waals surface area contributed by atoms with Crippen LogP contribution in [0, 0.1) is 0 Å². The molecule has 1 aromatic carbocycles. The summed E-state index contributed by atoms with van der Waals surface area (Å²) >= 11 is 0. The Morgan fingerprint density at radius 3 is 3.00 bits per heavy atom. The van der Waals surface area contributed by atoms with Crippen molar-refractivity contribution in [1.82, 2.24) is 4.98 Å². The Morgan fingerprint density at radius 1 is 1.24 bits per heavy atom. The zero-order valence-corrected chi connectivity index (χ0v) is 9.54. The Morgan fingerprint density at radius 2 is 2.12 bits per heavy atom. The number of para-hydroxylation sites is 1. The molecule has 3 nitrogen and oxygen atoms in total. The van der Waals surface area contributed by atoms with Crippen molar-refractivity contribution in [2.45, 2.75) is 25.0 Å². The lowest BCUT2D eigenvalue weighted by Crippen LogP contribution is -2.23. The first-order valence-corrected chi connectivity index (χ1v) is 5.98. The van der Waals surface area contributed by atoms with Crippen molar-refractivity contribution in [3.63, 3.8) is 0 Å². The molecule has 1 N–H and O–H groups in total. The van der Waals surface area contributed by atoms with Gasteiger partial charge in [-0.3, -0.25) is 4.98 Å². The Kier molecular flexibility index (Phi) is 2.79. The third-order valence-corrected chi connectivity index (χ3v) is 3.29. The first kappa shape index (κ1) is 10.7. The average Bonchev–Trinajstić information content (AvgIpc) is 2.38. The Balaban J connectivity index is 2.04. The molecule has 2 atom stereocenters. The van der Waals surface area contributed by atoms with Crippen LogP contribution in [0.1, 0.15) is 24.5 Å². The van der Waals surface area contributed by atoms with Gasteiger partial charge in [-0.2, -0.15) is 0 Å². The van der Waals surface area contributed by atoms with Gasteiger partial charge in [-0.15, -0.1) is 0 Å². The van der Waals surface area contributed by atoms with E-state index in [1.54, 1.807) is 0 Å². The fourth-order valence-corrected chi connectivity index (χ4v) is 2.39. The van der Waals surface area contributed by atoms with Gasteiger partial charge in [-0.25, -0.2) is 0 Å². The van der Waals surface area contributed by atoms with Crippen LogP contribution in [-0.4, -0.2) is 22.8 Å². The lowest BCUT2D eigenvalue weighted by Gasteiger charge is -2.27. The number of aliphatic hydroxyl groups excluding tert-OH is 1. The number of pyridine rings is 1. The molecule has 0 aliphatic carbocycles. The van der Waals surface area contributed by atoms with Crippen LogP contribution in [0.5, 0.6) is 0 Å². The fourth-order valence-electron chi connectivity index (χ4n) is 2.39. The second-order valence-corrected chi connectivity index (χ2v) is 4.45. The highest BCUT2D eigenvalue weighted by Gasteiger charge is 2.23. The maximum atomic E-state index is 9.72. The summed E-state index contributed by atoms with van der Waals surface area (Å²) in [7, 11) is 0. The second-order valence-electron chi connectivity index (χ2n) is 4.45. The SMILES string of the molecule is OC1CCOC(c2ccnc3ccccc23)C1. The number of hydrogen-bond donors (Lipinski definition) is 1. The third kappa shape index (κ3) is 2.04. The molecular weight excluding hydrogens is 214 g/mol. The van der Waals surface area contributed by atoms with E-state index in [1.165, 1.54) is 0 Å². The second kappa shape index (κ2) is 4.43. The molecule has 1 aliphatic rings. The largest absolute Gasteiger partial charge is 0.393 e. The van der Waals surface area contributed by atoms with Gasteiger partial charge in [-0.05, 0) is 24.1 Å². The van der Waals surface area contributed by atoms with E-state index in [2.05, 4.69) is 11.1 Å². The average molecular weight is 229 g/mol. The summed E-state index contributed by atoms with van der Waals surface area (Å²) in [4.78, 5) is 4.34. The number of benzene rings is 1. The number of aliphatic hydroxyl groups is 1. The van der Waals surface area contributed by atoms with Crippen LogP contribution in [0.15, 0.2) is 36.5 Å². The molecule has 1 fully saturated rings. The predicted octanol–water partition coefficient (Wildman–Crippen LogP) is 2.45. The summed E-state index contributed by atoms with van der Waals surface area (Å²) in [5.74, 6) is 0. The van der Waals surface area contributed by atoms with E-state index in [0.29, 0.717) is 13.0 Å². The molecule has 2 heterocycles. The molecule has 1 saturated heterocycles. The number of rotatable bonds is 1. The molecule has 2 unspecified atom stereocenters. The van der Waals surface area contributed by atoms with Gasteiger partial charge in [0.25, 0.3) is 0 Å². The van der Waals surface area contributed by atoms with E-state index >= 15 is 0 Å². The smallest absolute Gasteiger partial charge is 0.0856 e. The minimum Gasteiger partial charge on any atom is -0.393 e. The van der Waals surface area contributed by atoms with Crippen LogP contribution in [-0.2, 0) is 4.74 Å². The minimum absolute atomic E-state index is 0.00773. The maximum absolute atomic E-state index is 9.72. The number of nitrogens with zero attached hydrogens (tertiary/aromatic N) is 1. The van der Waals surface area contributed by atoms with Crippen LogP contribution in [0.3, 0.4) is 0 Å². The quantitative estimate of drug-likeness (QED) is 0.816. The summed E-state index contributed by atoms with van der Waals surface area (Å²) < 4.78 is 5.75. The molecule has 0 saturated carbocycles. The van der Waals surface area contributed by atoms with Gasteiger partial charge in [0.2, 0.25) is 0 Å². The van der Waals surface area contributed by atoms with Gasteiger partial charge >= 0.3 is 0 Å². The standard InChI is InChI=1S/C14H15NO2/c16-10-6-8-17-14(9-10)12-5-7-15-13-4-2-1-3-11(12)13/h1-5,7,10,14,16H,6,8-9H2. The molecular formula is C14H15NO2. The van der Waals surface area contributed by atoms with Crippen molar-refractivity contribution in [2.24, 2.45) is 0 Å². The monoisotopic (exact) mass is 229 g/mol. The van der Waals surface area contributed by atoms with Crippen molar-refractivity contribution in [3.05, 3.63) is 42.1 Å². The number of hydrogen-bond acceptors (Lipinski definition) is 3. The van der Waals surface area contributed by atoms with E-state index in [0.717, 1.165) is 22.9 Å². The van der Waals surface area contributed by atoms with Crippen molar-refractivity contribution >= 4 is 10.9 Å². The van der Waals surface area contributed by atoms with Gasteiger partial charge in [0, 0.05) is 24.6 Å². The zero-order valence-electron chi connectivity index (χ0n) is 9.54. The van der Waals surface area contributed by atoms with E-state index in [9.17, 15) is 5.11 Å². The fraction of sp³-hybridized carbons (Fsp3) is 0.357. The molecule has 2 aromatic rings. The molecule has 0 radical (unpaired) electrons. The van der Waals surface area contributed by atoms with Crippen LogP contribution in [0.25, 0.3) is 10.9 Å². The number of fused-ring (bicyclic) bond motifs is 1. The molecule has 0 bridgehead atoms. The first-order valence-electron chi connectivity index (χ1n) is 5.98. The molecule has 3 heteroatoms. The third-order valence-electron chi connectivity index (χ3n) is 3.29. The predicted molar refractivity (Wildman–Crippen MR) is 65.7 cm³/mol. The Labute approximate surface area is 100 Å². The van der Waals surface area contributed by atoms with Gasteiger partial charge < -0.3 is 9.84 Å².